The maximum absolute atomic E-state index is 12.9. The van der Waals surface area contributed by atoms with Gasteiger partial charge in [0.1, 0.15) is 5.82 Å². The maximum atomic E-state index is 12.9. The first-order chi connectivity index (χ1) is 5.52. The van der Waals surface area contributed by atoms with E-state index in [0.717, 1.165) is 6.07 Å². The van der Waals surface area contributed by atoms with Gasteiger partial charge in [-0.25, -0.2) is 4.39 Å². The predicted octanol–water partition coefficient (Wildman–Crippen LogP) is 3.62. The Kier molecular flexibility index (Phi) is 3.09. The van der Waals surface area contributed by atoms with Crippen LogP contribution in [0.2, 0.25) is 5.02 Å². The van der Waals surface area contributed by atoms with Gasteiger partial charge < -0.3 is 0 Å². The van der Waals surface area contributed by atoms with Crippen LogP contribution in [0.5, 0.6) is 0 Å². The molecule has 0 aliphatic carbocycles. The Balaban J connectivity index is 3.33. The van der Waals surface area contributed by atoms with Crippen molar-refractivity contribution in [1.82, 2.24) is 0 Å². The molecule has 5 heteroatoms. The van der Waals surface area contributed by atoms with E-state index in [-0.39, 0.29) is 10.6 Å². The summed E-state index contributed by atoms with van der Waals surface area (Å²) in [5.74, 6) is -0.689. The van der Waals surface area contributed by atoms with E-state index in [1.807, 2.05) is 0 Å². The molecule has 12 heavy (non-hydrogen) atoms. The normalized spacial score (nSPS) is 10.0. The van der Waals surface area contributed by atoms with E-state index in [4.69, 9.17) is 23.2 Å². The quantitative estimate of drug-likeness (QED) is 0.563. The fourth-order valence-corrected chi connectivity index (χ4v) is 1.30. The third-order valence-electron chi connectivity index (χ3n) is 1.22. The molecule has 0 saturated heterocycles. The monoisotopic (exact) mass is 270 g/mol. The van der Waals surface area contributed by atoms with E-state index in [0.29, 0.717) is 4.47 Å². The van der Waals surface area contributed by atoms with Crippen molar-refractivity contribution < 1.29 is 9.18 Å². The first kappa shape index (κ1) is 9.96. The van der Waals surface area contributed by atoms with Gasteiger partial charge in [-0.3, -0.25) is 4.79 Å². The summed E-state index contributed by atoms with van der Waals surface area (Å²) in [5, 5.41) is -0.609. The highest BCUT2D eigenvalue weighted by atomic mass is 79.9. The molecule has 0 radical (unpaired) electrons. The van der Waals surface area contributed by atoms with Gasteiger partial charge in [0, 0.05) is 4.47 Å². The minimum Gasteiger partial charge on any atom is -0.275 e. The van der Waals surface area contributed by atoms with Gasteiger partial charge in [0.15, 0.2) is 0 Å². The summed E-state index contributed by atoms with van der Waals surface area (Å²) >= 11 is 13.7. The first-order valence-electron chi connectivity index (χ1n) is 2.86. The van der Waals surface area contributed by atoms with Gasteiger partial charge in [-0.15, -0.1) is 0 Å². The number of hydrogen-bond donors (Lipinski definition) is 0. The van der Waals surface area contributed by atoms with Gasteiger partial charge in [0.25, 0.3) is 5.24 Å². The number of halogens is 4. The number of hydrogen-bond acceptors (Lipinski definition) is 1. The molecule has 0 N–H and O–H groups in total. The zero-order chi connectivity index (χ0) is 9.30. The molecule has 0 saturated carbocycles. The summed E-state index contributed by atoms with van der Waals surface area (Å²) in [5.41, 5.74) is -0.218. The van der Waals surface area contributed by atoms with Crippen LogP contribution in [0.4, 0.5) is 4.39 Å². The lowest BCUT2D eigenvalue weighted by molar-refractivity contribution is 0.107. The molecule has 0 aliphatic heterocycles. The van der Waals surface area contributed by atoms with Crippen molar-refractivity contribution in [2.24, 2.45) is 0 Å². The van der Waals surface area contributed by atoms with E-state index < -0.39 is 11.1 Å². The van der Waals surface area contributed by atoms with Crippen molar-refractivity contribution >= 4 is 44.4 Å². The van der Waals surface area contributed by atoms with E-state index in [9.17, 15) is 9.18 Å². The number of carbonyl (C=O) groups is 1. The Morgan fingerprint density at radius 3 is 2.58 bits per heavy atom. The van der Waals surface area contributed by atoms with E-state index in [1.54, 1.807) is 0 Å². The topological polar surface area (TPSA) is 17.1 Å². The first-order valence-corrected chi connectivity index (χ1v) is 4.41. The third-order valence-corrected chi connectivity index (χ3v) is 2.62. The van der Waals surface area contributed by atoms with Gasteiger partial charge in [-0.2, -0.15) is 0 Å². The van der Waals surface area contributed by atoms with Crippen LogP contribution in [-0.4, -0.2) is 5.24 Å². The Morgan fingerprint density at radius 2 is 2.08 bits per heavy atom. The highest BCUT2D eigenvalue weighted by Crippen LogP contribution is 2.26. The molecule has 1 aromatic carbocycles. The van der Waals surface area contributed by atoms with Gasteiger partial charge in [0.2, 0.25) is 0 Å². The fourth-order valence-electron chi connectivity index (χ4n) is 0.673. The Morgan fingerprint density at radius 1 is 1.50 bits per heavy atom. The molecule has 0 aromatic heterocycles. The van der Waals surface area contributed by atoms with Gasteiger partial charge in [0.05, 0.1) is 10.6 Å². The SMILES string of the molecule is O=C(Cl)c1cc(Cl)c(Br)cc1F. The summed E-state index contributed by atoms with van der Waals surface area (Å²) < 4.78 is 13.3. The van der Waals surface area contributed by atoms with Crippen molar-refractivity contribution in [2.75, 3.05) is 0 Å². The van der Waals surface area contributed by atoms with Crippen molar-refractivity contribution in [3.05, 3.63) is 33.0 Å². The molecule has 0 spiro atoms. The van der Waals surface area contributed by atoms with Crippen molar-refractivity contribution in [1.29, 1.82) is 0 Å². The number of benzene rings is 1. The van der Waals surface area contributed by atoms with Gasteiger partial charge in [-0.1, -0.05) is 11.6 Å². The average molecular weight is 272 g/mol. The summed E-state index contributed by atoms with van der Waals surface area (Å²) in [6.45, 7) is 0. The zero-order valence-corrected chi connectivity index (χ0v) is 8.67. The van der Waals surface area contributed by atoms with Crippen LogP contribution in [0, 0.1) is 5.82 Å². The Hall–Kier alpha value is -0.120. The largest absolute Gasteiger partial charge is 0.275 e. The molecule has 0 heterocycles. The van der Waals surface area contributed by atoms with Crippen LogP contribution in [-0.2, 0) is 0 Å². The highest BCUT2D eigenvalue weighted by Gasteiger charge is 2.11. The molecule has 1 aromatic rings. The van der Waals surface area contributed by atoms with Crippen molar-refractivity contribution in [3.8, 4) is 0 Å². The maximum Gasteiger partial charge on any atom is 0.255 e. The lowest BCUT2D eigenvalue weighted by Gasteiger charge is -1.99. The molecular weight excluding hydrogens is 270 g/mol. The minimum atomic E-state index is -0.859. The molecule has 0 bridgehead atoms. The second-order valence-electron chi connectivity index (χ2n) is 2.02. The third kappa shape index (κ3) is 1.97. The summed E-state index contributed by atoms with van der Waals surface area (Å²) in [6, 6.07) is 2.27. The highest BCUT2D eigenvalue weighted by molar-refractivity contribution is 9.10. The molecule has 0 unspecified atom stereocenters. The lowest BCUT2D eigenvalue weighted by atomic mass is 10.2. The summed E-state index contributed by atoms with van der Waals surface area (Å²) in [6.07, 6.45) is 0. The zero-order valence-electron chi connectivity index (χ0n) is 5.57. The Bertz CT molecular complexity index is 340. The van der Waals surface area contributed by atoms with Crippen LogP contribution in [0.3, 0.4) is 0 Å². The fraction of sp³-hybridized carbons (Fsp3) is 0. The van der Waals surface area contributed by atoms with Crippen LogP contribution in [0.25, 0.3) is 0 Å². The predicted molar refractivity (Wildman–Crippen MR) is 49.3 cm³/mol. The molecule has 0 aliphatic rings. The second kappa shape index (κ2) is 3.73. The summed E-state index contributed by atoms with van der Waals surface area (Å²) in [4.78, 5) is 10.6. The van der Waals surface area contributed by atoms with Gasteiger partial charge in [-0.05, 0) is 39.7 Å². The van der Waals surface area contributed by atoms with Crippen LogP contribution in [0.15, 0.2) is 16.6 Å². The smallest absolute Gasteiger partial charge is 0.255 e. The number of carbonyl (C=O) groups excluding carboxylic acids is 1. The standard InChI is InChI=1S/C7H2BrCl2FO/c8-4-2-6(11)3(7(10)12)1-5(4)9/h1-2H. The van der Waals surface area contributed by atoms with Crippen LogP contribution in [0.1, 0.15) is 10.4 Å². The van der Waals surface area contributed by atoms with E-state index >= 15 is 0 Å². The van der Waals surface area contributed by atoms with Crippen LogP contribution >= 0.6 is 39.1 Å². The number of rotatable bonds is 1. The second-order valence-corrected chi connectivity index (χ2v) is 3.62. The van der Waals surface area contributed by atoms with Crippen molar-refractivity contribution in [2.45, 2.75) is 0 Å². The molecule has 1 nitrogen and oxygen atoms in total. The van der Waals surface area contributed by atoms with Crippen molar-refractivity contribution in [3.63, 3.8) is 0 Å². The van der Waals surface area contributed by atoms with Gasteiger partial charge >= 0.3 is 0 Å². The average Bonchev–Trinajstić information content (AvgIpc) is 1.96. The molecule has 0 amide bonds. The van der Waals surface area contributed by atoms with Crippen LogP contribution < -0.4 is 0 Å². The molecule has 0 fully saturated rings. The molecule has 1 rings (SSSR count). The van der Waals surface area contributed by atoms with E-state index in [2.05, 4.69) is 15.9 Å². The minimum absolute atomic E-state index is 0.218. The lowest BCUT2D eigenvalue weighted by Crippen LogP contribution is -1.94. The Labute approximate surface area is 86.6 Å². The molecular formula is C7H2BrCl2FO. The molecule has 0 atom stereocenters. The summed E-state index contributed by atoms with van der Waals surface area (Å²) in [7, 11) is 0. The van der Waals surface area contributed by atoms with E-state index in [1.165, 1.54) is 6.07 Å². The molecule has 64 valence electrons.